The predicted octanol–water partition coefficient (Wildman–Crippen LogP) is 1.80. The molecular weight excluding hydrogens is 162 g/mol. The highest BCUT2D eigenvalue weighted by Gasteiger charge is 2.24. The Hall–Kier alpha value is -0.340. The lowest BCUT2D eigenvalue weighted by molar-refractivity contribution is 0.139. The molecule has 0 saturated carbocycles. The summed E-state index contributed by atoms with van der Waals surface area (Å²) in [6.45, 7) is 6.18. The monoisotopic (exact) mass is 183 g/mol. The van der Waals surface area contributed by atoms with E-state index in [0.717, 1.165) is 13.0 Å². The van der Waals surface area contributed by atoms with Crippen LogP contribution in [0.4, 0.5) is 0 Å². The van der Waals surface area contributed by atoms with Crippen LogP contribution in [0.2, 0.25) is 0 Å². The quantitative estimate of drug-likeness (QED) is 0.672. The fraction of sp³-hybridized carbons (Fsp3) is 0.818. The molecule has 1 saturated heterocycles. The first-order valence-electron chi connectivity index (χ1n) is 5.27. The Morgan fingerprint density at radius 2 is 2.38 bits per heavy atom. The van der Waals surface area contributed by atoms with Crippen LogP contribution in [0.3, 0.4) is 0 Å². The number of aliphatic hydroxyl groups excluding tert-OH is 1. The Kier molecular flexibility index (Phi) is 4.46. The van der Waals surface area contributed by atoms with Gasteiger partial charge in [0.15, 0.2) is 0 Å². The van der Waals surface area contributed by atoms with E-state index in [1.54, 1.807) is 0 Å². The lowest BCUT2D eigenvalue weighted by Gasteiger charge is -2.23. The van der Waals surface area contributed by atoms with Gasteiger partial charge in [0.1, 0.15) is 0 Å². The van der Waals surface area contributed by atoms with Gasteiger partial charge in [0.05, 0.1) is 6.10 Å². The van der Waals surface area contributed by atoms with Gasteiger partial charge in [0.25, 0.3) is 0 Å². The first-order valence-corrected chi connectivity index (χ1v) is 5.27. The van der Waals surface area contributed by atoms with Gasteiger partial charge in [-0.05, 0) is 39.7 Å². The zero-order valence-electron chi connectivity index (χ0n) is 8.74. The van der Waals surface area contributed by atoms with Crippen molar-refractivity contribution in [2.45, 2.75) is 45.3 Å². The molecule has 1 heterocycles. The maximum atomic E-state index is 9.31. The SMILES string of the molecule is C/C=C/CN1CCCC1CC(C)O. The molecule has 0 radical (unpaired) electrons. The van der Waals surface area contributed by atoms with Crippen molar-refractivity contribution < 1.29 is 5.11 Å². The maximum Gasteiger partial charge on any atom is 0.0527 e. The van der Waals surface area contributed by atoms with E-state index in [-0.39, 0.29) is 6.10 Å². The van der Waals surface area contributed by atoms with Gasteiger partial charge in [0, 0.05) is 12.6 Å². The number of likely N-dealkylation sites (tertiary alicyclic amines) is 1. The van der Waals surface area contributed by atoms with E-state index in [4.69, 9.17) is 0 Å². The average Bonchev–Trinajstić information content (AvgIpc) is 2.48. The van der Waals surface area contributed by atoms with Crippen LogP contribution in [0.15, 0.2) is 12.2 Å². The van der Waals surface area contributed by atoms with Crippen molar-refractivity contribution in [3.8, 4) is 0 Å². The summed E-state index contributed by atoms with van der Waals surface area (Å²) in [5.41, 5.74) is 0. The van der Waals surface area contributed by atoms with E-state index in [1.165, 1.54) is 19.4 Å². The Labute approximate surface area is 81.2 Å². The molecule has 13 heavy (non-hydrogen) atoms. The Bertz CT molecular complexity index is 165. The van der Waals surface area contributed by atoms with E-state index in [1.807, 2.05) is 6.92 Å². The van der Waals surface area contributed by atoms with Crippen LogP contribution in [0.5, 0.6) is 0 Å². The van der Waals surface area contributed by atoms with E-state index in [2.05, 4.69) is 24.0 Å². The van der Waals surface area contributed by atoms with Crippen LogP contribution in [0, 0.1) is 0 Å². The maximum absolute atomic E-state index is 9.31. The van der Waals surface area contributed by atoms with Gasteiger partial charge in [-0.1, -0.05) is 12.2 Å². The normalized spacial score (nSPS) is 27.2. The van der Waals surface area contributed by atoms with E-state index >= 15 is 0 Å². The van der Waals surface area contributed by atoms with Crippen molar-refractivity contribution in [2.75, 3.05) is 13.1 Å². The lowest BCUT2D eigenvalue weighted by atomic mass is 10.1. The van der Waals surface area contributed by atoms with Crippen molar-refractivity contribution in [1.82, 2.24) is 4.90 Å². The minimum absolute atomic E-state index is 0.156. The Morgan fingerprint density at radius 3 is 3.00 bits per heavy atom. The summed E-state index contributed by atoms with van der Waals surface area (Å²) in [6.07, 6.45) is 7.60. The van der Waals surface area contributed by atoms with Crippen LogP contribution in [0.1, 0.15) is 33.1 Å². The standard InChI is InChI=1S/C11H21NO/c1-3-4-7-12-8-5-6-11(12)9-10(2)13/h3-4,10-11,13H,5-9H2,1-2H3/b4-3+. The summed E-state index contributed by atoms with van der Waals surface area (Å²) < 4.78 is 0. The molecule has 1 fully saturated rings. The van der Waals surface area contributed by atoms with Gasteiger partial charge in [-0.3, -0.25) is 4.90 Å². The van der Waals surface area contributed by atoms with Gasteiger partial charge in [-0.15, -0.1) is 0 Å². The fourth-order valence-electron chi connectivity index (χ4n) is 2.04. The van der Waals surface area contributed by atoms with E-state index < -0.39 is 0 Å². The van der Waals surface area contributed by atoms with Crippen LogP contribution in [-0.4, -0.2) is 35.2 Å². The number of hydrogen-bond acceptors (Lipinski definition) is 2. The highest BCUT2D eigenvalue weighted by molar-refractivity contribution is 4.88. The molecule has 0 bridgehead atoms. The summed E-state index contributed by atoms with van der Waals surface area (Å²) in [4.78, 5) is 2.46. The molecule has 1 aliphatic rings. The van der Waals surface area contributed by atoms with E-state index in [0.29, 0.717) is 6.04 Å². The average molecular weight is 183 g/mol. The van der Waals surface area contributed by atoms with Crippen molar-refractivity contribution in [2.24, 2.45) is 0 Å². The largest absolute Gasteiger partial charge is 0.393 e. The smallest absolute Gasteiger partial charge is 0.0527 e. The molecule has 0 spiro atoms. The number of rotatable bonds is 4. The summed E-state index contributed by atoms with van der Waals surface area (Å²) in [6, 6.07) is 0.608. The van der Waals surface area contributed by atoms with Gasteiger partial charge >= 0.3 is 0 Å². The fourth-order valence-corrected chi connectivity index (χ4v) is 2.04. The molecule has 0 amide bonds. The van der Waals surface area contributed by atoms with Gasteiger partial charge < -0.3 is 5.11 Å². The molecule has 1 rings (SSSR count). The third-order valence-electron chi connectivity index (χ3n) is 2.69. The topological polar surface area (TPSA) is 23.5 Å². The van der Waals surface area contributed by atoms with Gasteiger partial charge in [-0.2, -0.15) is 0 Å². The molecule has 0 aliphatic carbocycles. The lowest BCUT2D eigenvalue weighted by Crippen LogP contribution is -2.31. The molecule has 1 aliphatic heterocycles. The van der Waals surface area contributed by atoms with Crippen molar-refractivity contribution in [3.05, 3.63) is 12.2 Å². The van der Waals surface area contributed by atoms with Crippen molar-refractivity contribution in [3.63, 3.8) is 0 Å². The molecule has 0 aromatic heterocycles. The van der Waals surface area contributed by atoms with Gasteiger partial charge in [0.2, 0.25) is 0 Å². The second kappa shape index (κ2) is 5.40. The molecule has 2 nitrogen and oxygen atoms in total. The molecular formula is C11H21NO. The van der Waals surface area contributed by atoms with Crippen molar-refractivity contribution >= 4 is 0 Å². The number of allylic oxidation sites excluding steroid dienone is 1. The number of aliphatic hydroxyl groups is 1. The molecule has 0 aromatic rings. The predicted molar refractivity (Wildman–Crippen MR) is 55.7 cm³/mol. The summed E-state index contributed by atoms with van der Waals surface area (Å²) in [5, 5.41) is 9.31. The third-order valence-corrected chi connectivity index (χ3v) is 2.69. The minimum atomic E-state index is -0.156. The van der Waals surface area contributed by atoms with Crippen LogP contribution in [0.25, 0.3) is 0 Å². The molecule has 2 unspecified atom stereocenters. The van der Waals surface area contributed by atoms with Crippen LogP contribution < -0.4 is 0 Å². The van der Waals surface area contributed by atoms with Crippen molar-refractivity contribution in [1.29, 1.82) is 0 Å². The van der Waals surface area contributed by atoms with E-state index in [9.17, 15) is 5.11 Å². The minimum Gasteiger partial charge on any atom is -0.393 e. The zero-order chi connectivity index (χ0) is 9.68. The molecule has 0 aromatic carbocycles. The zero-order valence-corrected chi connectivity index (χ0v) is 8.74. The Morgan fingerprint density at radius 1 is 1.62 bits per heavy atom. The molecule has 76 valence electrons. The Balaban J connectivity index is 2.34. The number of nitrogens with zero attached hydrogens (tertiary/aromatic N) is 1. The first-order chi connectivity index (χ1) is 6.24. The summed E-state index contributed by atoms with van der Waals surface area (Å²) >= 11 is 0. The summed E-state index contributed by atoms with van der Waals surface area (Å²) in [5.74, 6) is 0. The molecule has 2 atom stereocenters. The summed E-state index contributed by atoms with van der Waals surface area (Å²) in [7, 11) is 0. The third kappa shape index (κ3) is 3.49. The highest BCUT2D eigenvalue weighted by atomic mass is 16.3. The second-order valence-corrected chi connectivity index (χ2v) is 3.94. The van der Waals surface area contributed by atoms with Crippen LogP contribution in [-0.2, 0) is 0 Å². The number of hydrogen-bond donors (Lipinski definition) is 1. The van der Waals surface area contributed by atoms with Crippen LogP contribution >= 0.6 is 0 Å². The second-order valence-electron chi connectivity index (χ2n) is 3.94. The van der Waals surface area contributed by atoms with Gasteiger partial charge in [-0.25, -0.2) is 0 Å². The first kappa shape index (κ1) is 10.7. The molecule has 2 heteroatoms. The highest BCUT2D eigenvalue weighted by Crippen LogP contribution is 2.20. The molecule has 1 N–H and O–H groups in total.